The van der Waals surface area contributed by atoms with Gasteiger partial charge in [0, 0.05) is 43.6 Å². The first-order valence-corrected chi connectivity index (χ1v) is 8.22. The molecule has 5 heteroatoms. The molecular formula is C17H25N5. The topological polar surface area (TPSA) is 56.8 Å². The minimum atomic E-state index is 0.830. The van der Waals surface area contributed by atoms with E-state index in [1.54, 1.807) is 0 Å². The Kier molecular flexibility index (Phi) is 5.06. The van der Waals surface area contributed by atoms with Crippen LogP contribution in [0.15, 0.2) is 24.5 Å². The van der Waals surface area contributed by atoms with Crippen LogP contribution in [-0.2, 0) is 13.1 Å². The standard InChI is InChI=1S/C17H25N5/c1-14-16(13-20-21-14)12-18-10-15-6-7-17(19-11-15)22-8-4-2-3-5-9-22/h6-7,11,13,18H,2-5,8-10,12H2,1H3,(H,20,21). The van der Waals surface area contributed by atoms with Gasteiger partial charge in [-0.3, -0.25) is 5.10 Å². The van der Waals surface area contributed by atoms with Gasteiger partial charge in [0.15, 0.2) is 0 Å². The zero-order chi connectivity index (χ0) is 15.2. The van der Waals surface area contributed by atoms with Crippen LogP contribution in [0, 0.1) is 6.92 Å². The molecular weight excluding hydrogens is 274 g/mol. The zero-order valence-corrected chi connectivity index (χ0v) is 13.3. The lowest BCUT2D eigenvalue weighted by molar-refractivity contribution is 0.688. The second kappa shape index (κ2) is 7.40. The van der Waals surface area contributed by atoms with Gasteiger partial charge in [0.1, 0.15) is 5.82 Å². The molecule has 0 amide bonds. The van der Waals surface area contributed by atoms with Crippen LogP contribution in [0.3, 0.4) is 0 Å². The third-order valence-electron chi connectivity index (χ3n) is 4.32. The van der Waals surface area contributed by atoms with E-state index in [1.165, 1.54) is 36.8 Å². The Hall–Kier alpha value is -1.88. The first-order valence-electron chi connectivity index (χ1n) is 8.22. The zero-order valence-electron chi connectivity index (χ0n) is 13.3. The first kappa shape index (κ1) is 15.0. The van der Waals surface area contributed by atoms with Crippen LogP contribution in [0.1, 0.15) is 42.5 Å². The highest BCUT2D eigenvalue weighted by Gasteiger charge is 2.10. The molecule has 0 aliphatic carbocycles. The van der Waals surface area contributed by atoms with Crippen molar-refractivity contribution in [2.45, 2.75) is 45.7 Å². The van der Waals surface area contributed by atoms with Crippen molar-refractivity contribution in [2.24, 2.45) is 0 Å². The van der Waals surface area contributed by atoms with E-state index in [4.69, 9.17) is 0 Å². The Morgan fingerprint density at radius 2 is 1.91 bits per heavy atom. The lowest BCUT2D eigenvalue weighted by Crippen LogP contribution is -2.24. The van der Waals surface area contributed by atoms with Crippen LogP contribution in [0.25, 0.3) is 0 Å². The summed E-state index contributed by atoms with van der Waals surface area (Å²) in [6, 6.07) is 4.34. The van der Waals surface area contributed by atoms with Crippen molar-refractivity contribution in [2.75, 3.05) is 18.0 Å². The summed E-state index contributed by atoms with van der Waals surface area (Å²) in [6.07, 6.45) is 9.15. The van der Waals surface area contributed by atoms with Gasteiger partial charge in [-0.2, -0.15) is 5.10 Å². The highest BCUT2D eigenvalue weighted by atomic mass is 15.2. The molecule has 2 N–H and O–H groups in total. The minimum absolute atomic E-state index is 0.830. The van der Waals surface area contributed by atoms with Crippen molar-refractivity contribution in [3.63, 3.8) is 0 Å². The maximum atomic E-state index is 4.64. The molecule has 0 bridgehead atoms. The van der Waals surface area contributed by atoms with E-state index < -0.39 is 0 Å². The molecule has 1 aliphatic heterocycles. The number of aromatic amines is 1. The van der Waals surface area contributed by atoms with Gasteiger partial charge in [0.2, 0.25) is 0 Å². The van der Waals surface area contributed by atoms with E-state index >= 15 is 0 Å². The number of rotatable bonds is 5. The first-order chi connectivity index (χ1) is 10.8. The molecule has 118 valence electrons. The summed E-state index contributed by atoms with van der Waals surface area (Å²) in [4.78, 5) is 7.06. The van der Waals surface area contributed by atoms with Crippen LogP contribution in [-0.4, -0.2) is 28.3 Å². The largest absolute Gasteiger partial charge is 0.357 e. The van der Waals surface area contributed by atoms with E-state index in [1.807, 2.05) is 19.3 Å². The van der Waals surface area contributed by atoms with Gasteiger partial charge < -0.3 is 10.2 Å². The molecule has 1 saturated heterocycles. The summed E-state index contributed by atoms with van der Waals surface area (Å²) in [6.45, 7) is 5.99. The van der Waals surface area contributed by atoms with Crippen molar-refractivity contribution >= 4 is 5.82 Å². The summed E-state index contributed by atoms with van der Waals surface area (Å²) < 4.78 is 0. The van der Waals surface area contributed by atoms with E-state index in [0.29, 0.717) is 0 Å². The van der Waals surface area contributed by atoms with Gasteiger partial charge in [-0.15, -0.1) is 0 Å². The Morgan fingerprint density at radius 1 is 1.09 bits per heavy atom. The van der Waals surface area contributed by atoms with E-state index in [-0.39, 0.29) is 0 Å². The van der Waals surface area contributed by atoms with Gasteiger partial charge in [0.25, 0.3) is 0 Å². The third-order valence-corrected chi connectivity index (χ3v) is 4.32. The van der Waals surface area contributed by atoms with Gasteiger partial charge in [0.05, 0.1) is 6.20 Å². The number of hydrogen-bond donors (Lipinski definition) is 2. The molecule has 2 aromatic heterocycles. The van der Waals surface area contributed by atoms with Gasteiger partial charge in [-0.05, 0) is 31.4 Å². The maximum absolute atomic E-state index is 4.64. The molecule has 5 nitrogen and oxygen atoms in total. The second-order valence-corrected chi connectivity index (χ2v) is 6.05. The fraction of sp³-hybridized carbons (Fsp3) is 0.529. The number of aryl methyl sites for hydroxylation is 1. The highest BCUT2D eigenvalue weighted by Crippen LogP contribution is 2.17. The minimum Gasteiger partial charge on any atom is -0.357 e. The fourth-order valence-electron chi connectivity index (χ4n) is 2.90. The predicted octanol–water partition coefficient (Wildman–Crippen LogP) is 2.78. The summed E-state index contributed by atoms with van der Waals surface area (Å²) in [5, 5.41) is 10.4. The molecule has 2 aromatic rings. The number of hydrogen-bond acceptors (Lipinski definition) is 4. The van der Waals surface area contributed by atoms with Crippen molar-refractivity contribution in [1.82, 2.24) is 20.5 Å². The molecule has 0 aromatic carbocycles. The quantitative estimate of drug-likeness (QED) is 0.891. The molecule has 0 spiro atoms. The lowest BCUT2D eigenvalue weighted by atomic mass is 10.2. The van der Waals surface area contributed by atoms with Crippen LogP contribution in [0.4, 0.5) is 5.82 Å². The van der Waals surface area contributed by atoms with E-state index in [0.717, 1.165) is 37.7 Å². The van der Waals surface area contributed by atoms with Crippen molar-refractivity contribution in [1.29, 1.82) is 0 Å². The van der Waals surface area contributed by atoms with Crippen LogP contribution in [0.5, 0.6) is 0 Å². The average Bonchev–Trinajstić information content (AvgIpc) is 2.79. The molecule has 0 unspecified atom stereocenters. The lowest BCUT2D eigenvalue weighted by Gasteiger charge is -2.21. The van der Waals surface area contributed by atoms with Gasteiger partial charge in [-0.25, -0.2) is 4.98 Å². The van der Waals surface area contributed by atoms with E-state index in [2.05, 4.69) is 37.5 Å². The molecule has 0 saturated carbocycles. The van der Waals surface area contributed by atoms with E-state index in [9.17, 15) is 0 Å². The molecule has 3 heterocycles. The molecule has 0 atom stereocenters. The number of nitrogens with zero attached hydrogens (tertiary/aromatic N) is 3. The SMILES string of the molecule is Cc1[nH]ncc1CNCc1ccc(N2CCCCCC2)nc1. The summed E-state index contributed by atoms with van der Waals surface area (Å²) in [5.41, 5.74) is 3.57. The number of aromatic nitrogens is 3. The normalized spacial score (nSPS) is 15.8. The Balaban J connectivity index is 1.51. The van der Waals surface area contributed by atoms with Crippen molar-refractivity contribution in [3.8, 4) is 0 Å². The summed E-state index contributed by atoms with van der Waals surface area (Å²) in [5.74, 6) is 1.12. The van der Waals surface area contributed by atoms with Crippen molar-refractivity contribution in [3.05, 3.63) is 41.3 Å². The van der Waals surface area contributed by atoms with Crippen LogP contribution < -0.4 is 10.2 Å². The van der Waals surface area contributed by atoms with Gasteiger partial charge in [-0.1, -0.05) is 18.9 Å². The summed E-state index contributed by atoms with van der Waals surface area (Å²) in [7, 11) is 0. The Bertz CT molecular complexity index is 567. The smallest absolute Gasteiger partial charge is 0.128 e. The number of nitrogens with one attached hydrogen (secondary N) is 2. The monoisotopic (exact) mass is 299 g/mol. The molecule has 3 rings (SSSR count). The second-order valence-electron chi connectivity index (χ2n) is 6.05. The van der Waals surface area contributed by atoms with Crippen molar-refractivity contribution < 1.29 is 0 Å². The third kappa shape index (κ3) is 3.85. The molecule has 22 heavy (non-hydrogen) atoms. The molecule has 1 fully saturated rings. The Morgan fingerprint density at radius 3 is 2.55 bits per heavy atom. The van der Waals surface area contributed by atoms with Crippen LogP contribution in [0.2, 0.25) is 0 Å². The highest BCUT2D eigenvalue weighted by molar-refractivity contribution is 5.39. The molecule has 0 radical (unpaired) electrons. The Labute approximate surface area is 132 Å². The number of pyridine rings is 1. The van der Waals surface area contributed by atoms with Gasteiger partial charge >= 0.3 is 0 Å². The number of anilines is 1. The predicted molar refractivity (Wildman–Crippen MR) is 88.8 cm³/mol. The fourth-order valence-corrected chi connectivity index (χ4v) is 2.90. The molecule has 1 aliphatic rings. The average molecular weight is 299 g/mol. The summed E-state index contributed by atoms with van der Waals surface area (Å²) >= 11 is 0. The maximum Gasteiger partial charge on any atom is 0.128 e. The number of H-pyrrole nitrogens is 1. The van der Waals surface area contributed by atoms with Crippen LogP contribution >= 0.6 is 0 Å².